The van der Waals surface area contributed by atoms with Crippen LogP contribution in [0.3, 0.4) is 0 Å². The lowest BCUT2D eigenvalue weighted by atomic mass is 10.2. The van der Waals surface area contributed by atoms with E-state index in [1.807, 2.05) is 0 Å². The molecule has 0 aromatic heterocycles. The molecule has 6 nitrogen and oxygen atoms in total. The topological polar surface area (TPSA) is 69.7 Å². The zero-order chi connectivity index (χ0) is 16.4. The number of nitrogens with one attached hydrogen (secondary N) is 1. The number of amides is 3. The monoisotopic (exact) mass is 337 g/mol. The van der Waals surface area contributed by atoms with Gasteiger partial charge < -0.3 is 9.80 Å². The Morgan fingerprint density at radius 3 is 2.39 bits per heavy atom. The van der Waals surface area contributed by atoms with Crippen molar-refractivity contribution in [1.29, 1.82) is 0 Å². The van der Waals surface area contributed by atoms with E-state index in [-0.39, 0.29) is 18.1 Å². The van der Waals surface area contributed by atoms with Crippen LogP contribution in [0.25, 0.3) is 0 Å². The predicted molar refractivity (Wildman–Crippen MR) is 84.7 cm³/mol. The number of hydrogen-bond donors (Lipinski definition) is 1. The van der Waals surface area contributed by atoms with E-state index in [9.17, 15) is 18.8 Å². The number of piperazine rings is 1. The van der Waals surface area contributed by atoms with E-state index >= 15 is 0 Å². The highest BCUT2D eigenvalue weighted by Gasteiger charge is 2.34. The number of hydrogen-bond acceptors (Lipinski definition) is 5. The highest BCUT2D eigenvalue weighted by molar-refractivity contribution is 8.15. The molecule has 8 heteroatoms. The van der Waals surface area contributed by atoms with Crippen LogP contribution in [-0.2, 0) is 9.59 Å². The van der Waals surface area contributed by atoms with Crippen LogP contribution in [-0.4, -0.2) is 53.4 Å². The first kappa shape index (κ1) is 15.8. The third-order valence-electron chi connectivity index (χ3n) is 3.95. The predicted octanol–water partition coefficient (Wildman–Crippen LogP) is 1.22. The lowest BCUT2D eigenvalue weighted by Gasteiger charge is -2.36. The molecule has 3 rings (SSSR count). The first-order valence-electron chi connectivity index (χ1n) is 7.33. The second kappa shape index (κ2) is 6.57. The molecule has 2 heterocycles. The van der Waals surface area contributed by atoms with E-state index < -0.39 is 16.4 Å². The summed E-state index contributed by atoms with van der Waals surface area (Å²) >= 11 is 0.872. The van der Waals surface area contributed by atoms with Crippen LogP contribution in [0.15, 0.2) is 24.3 Å². The van der Waals surface area contributed by atoms with E-state index in [1.165, 1.54) is 12.1 Å². The summed E-state index contributed by atoms with van der Waals surface area (Å²) in [5.41, 5.74) is 0.926. The van der Waals surface area contributed by atoms with Crippen LogP contribution >= 0.6 is 11.8 Å². The Bertz CT molecular complexity index is 629. The number of halogens is 1. The van der Waals surface area contributed by atoms with Crippen molar-refractivity contribution >= 4 is 34.5 Å². The third kappa shape index (κ3) is 3.64. The van der Waals surface area contributed by atoms with Crippen molar-refractivity contribution in [1.82, 2.24) is 10.2 Å². The number of carbonyl (C=O) groups excluding carboxylic acids is 3. The molecule has 0 radical (unpaired) electrons. The summed E-state index contributed by atoms with van der Waals surface area (Å²) in [6.07, 6.45) is 0.0405. The molecule has 2 aliphatic rings. The fourth-order valence-electron chi connectivity index (χ4n) is 2.68. The molecule has 3 amide bonds. The number of thioether (sulfide) groups is 1. The van der Waals surface area contributed by atoms with Gasteiger partial charge in [0.25, 0.3) is 5.24 Å². The van der Waals surface area contributed by atoms with E-state index in [0.717, 1.165) is 17.4 Å². The van der Waals surface area contributed by atoms with Crippen molar-refractivity contribution < 1.29 is 18.8 Å². The molecule has 1 N–H and O–H groups in total. The highest BCUT2D eigenvalue weighted by Crippen LogP contribution is 2.23. The Balaban J connectivity index is 1.52. The van der Waals surface area contributed by atoms with Crippen molar-refractivity contribution in [3.63, 3.8) is 0 Å². The van der Waals surface area contributed by atoms with Gasteiger partial charge in [-0.1, -0.05) is 11.8 Å². The van der Waals surface area contributed by atoms with Gasteiger partial charge in [0.1, 0.15) is 11.1 Å². The minimum atomic E-state index is -0.620. The summed E-state index contributed by atoms with van der Waals surface area (Å²) in [6.45, 7) is 2.40. The standard InChI is InChI=1S/C15H16FN3O3S/c16-10-1-3-11(4-2-10)18-5-7-19(8-6-18)13(20)9-12-14(21)17-15(22)23-12/h1-4,12H,5-9H2,(H,17,21,22)/t12-/m0/s1. The number of benzene rings is 1. The fraction of sp³-hybridized carbons (Fsp3) is 0.400. The first-order valence-corrected chi connectivity index (χ1v) is 8.20. The van der Waals surface area contributed by atoms with Crippen molar-refractivity contribution in [2.24, 2.45) is 0 Å². The van der Waals surface area contributed by atoms with Gasteiger partial charge in [-0.15, -0.1) is 0 Å². The van der Waals surface area contributed by atoms with Gasteiger partial charge in [0, 0.05) is 38.3 Å². The Kier molecular flexibility index (Phi) is 4.51. The Morgan fingerprint density at radius 1 is 1.17 bits per heavy atom. The Morgan fingerprint density at radius 2 is 1.83 bits per heavy atom. The summed E-state index contributed by atoms with van der Waals surface area (Å²) in [6, 6.07) is 6.27. The molecular weight excluding hydrogens is 321 g/mol. The number of nitrogens with zero attached hydrogens (tertiary/aromatic N) is 2. The molecule has 122 valence electrons. The van der Waals surface area contributed by atoms with Crippen LogP contribution in [0, 0.1) is 5.82 Å². The van der Waals surface area contributed by atoms with Gasteiger partial charge in [-0.25, -0.2) is 4.39 Å². The molecule has 0 aliphatic carbocycles. The summed E-state index contributed by atoms with van der Waals surface area (Å²) < 4.78 is 12.9. The van der Waals surface area contributed by atoms with Crippen molar-refractivity contribution in [2.45, 2.75) is 11.7 Å². The molecule has 0 spiro atoms. The van der Waals surface area contributed by atoms with Crippen LogP contribution in [0.4, 0.5) is 14.9 Å². The minimum absolute atomic E-state index is 0.0405. The van der Waals surface area contributed by atoms with Crippen molar-refractivity contribution in [2.75, 3.05) is 31.1 Å². The summed E-state index contributed by atoms with van der Waals surface area (Å²) in [7, 11) is 0. The molecular formula is C15H16FN3O3S. The quantitative estimate of drug-likeness (QED) is 0.898. The molecule has 0 bridgehead atoms. The summed E-state index contributed by atoms with van der Waals surface area (Å²) in [5, 5.41) is 1.17. The Labute approximate surface area is 137 Å². The van der Waals surface area contributed by atoms with E-state index in [4.69, 9.17) is 0 Å². The summed E-state index contributed by atoms with van der Waals surface area (Å²) in [4.78, 5) is 38.7. The van der Waals surface area contributed by atoms with Gasteiger partial charge in [0.15, 0.2) is 0 Å². The average molecular weight is 337 g/mol. The van der Waals surface area contributed by atoms with E-state index in [1.54, 1.807) is 17.0 Å². The molecule has 1 aromatic carbocycles. The zero-order valence-electron chi connectivity index (χ0n) is 12.3. The van der Waals surface area contributed by atoms with Gasteiger partial charge >= 0.3 is 0 Å². The smallest absolute Gasteiger partial charge is 0.286 e. The van der Waals surface area contributed by atoms with Crippen LogP contribution < -0.4 is 10.2 Å². The number of carbonyl (C=O) groups is 3. The largest absolute Gasteiger partial charge is 0.368 e. The van der Waals surface area contributed by atoms with E-state index in [0.29, 0.717) is 26.2 Å². The van der Waals surface area contributed by atoms with Crippen LogP contribution in [0.2, 0.25) is 0 Å². The van der Waals surface area contributed by atoms with Crippen molar-refractivity contribution in [3.8, 4) is 0 Å². The molecule has 1 aromatic rings. The summed E-state index contributed by atoms with van der Waals surface area (Å²) in [5.74, 6) is -0.783. The molecule has 0 saturated carbocycles. The highest BCUT2D eigenvalue weighted by atomic mass is 32.2. The molecule has 1 atom stereocenters. The zero-order valence-corrected chi connectivity index (χ0v) is 13.1. The van der Waals surface area contributed by atoms with Gasteiger partial charge in [0.2, 0.25) is 11.8 Å². The molecule has 0 unspecified atom stereocenters. The molecule has 23 heavy (non-hydrogen) atoms. The lowest BCUT2D eigenvalue weighted by molar-refractivity contribution is -0.133. The SMILES string of the molecule is O=C1NC(=O)[C@H](CC(=O)N2CCN(c3ccc(F)cc3)CC2)S1. The third-order valence-corrected chi connectivity index (χ3v) is 4.93. The average Bonchev–Trinajstić information content (AvgIpc) is 2.86. The second-order valence-corrected chi connectivity index (χ2v) is 6.61. The Hall–Kier alpha value is -2.09. The number of imide groups is 1. The first-order chi connectivity index (χ1) is 11.0. The fourth-order valence-corrected chi connectivity index (χ4v) is 3.49. The maximum absolute atomic E-state index is 12.9. The normalized spacial score (nSPS) is 21.5. The van der Waals surface area contributed by atoms with Crippen LogP contribution in [0.1, 0.15) is 6.42 Å². The van der Waals surface area contributed by atoms with Gasteiger partial charge in [-0.05, 0) is 24.3 Å². The minimum Gasteiger partial charge on any atom is -0.368 e. The lowest BCUT2D eigenvalue weighted by Crippen LogP contribution is -2.49. The van der Waals surface area contributed by atoms with Gasteiger partial charge in [-0.3, -0.25) is 19.7 Å². The maximum Gasteiger partial charge on any atom is 0.286 e. The van der Waals surface area contributed by atoms with Crippen LogP contribution in [0.5, 0.6) is 0 Å². The number of anilines is 1. The molecule has 2 saturated heterocycles. The molecule has 2 aliphatic heterocycles. The maximum atomic E-state index is 12.9. The van der Waals surface area contributed by atoms with Crippen molar-refractivity contribution in [3.05, 3.63) is 30.1 Å². The molecule has 2 fully saturated rings. The second-order valence-electron chi connectivity index (χ2n) is 5.43. The number of rotatable bonds is 3. The van der Waals surface area contributed by atoms with Gasteiger partial charge in [0.05, 0.1) is 0 Å². The van der Waals surface area contributed by atoms with Gasteiger partial charge in [-0.2, -0.15) is 0 Å². The van der Waals surface area contributed by atoms with E-state index in [2.05, 4.69) is 10.2 Å².